The van der Waals surface area contributed by atoms with Crippen molar-refractivity contribution >= 4 is 11.4 Å². The van der Waals surface area contributed by atoms with Crippen molar-refractivity contribution in [3.05, 3.63) is 30.3 Å². The van der Waals surface area contributed by atoms with Gasteiger partial charge in [0.05, 0.1) is 18.6 Å². The average Bonchev–Trinajstić information content (AvgIpc) is 2.61. The van der Waals surface area contributed by atoms with Gasteiger partial charge >= 0.3 is 0 Å². The Kier molecular flexibility index (Phi) is 3.19. The molecular weight excluding hydrogens is 207 g/mol. The van der Waals surface area contributed by atoms with Gasteiger partial charge in [0, 0.05) is 11.4 Å². The van der Waals surface area contributed by atoms with Crippen LogP contribution in [0.4, 0.5) is 10.1 Å². The number of hydrogen-bond acceptors (Lipinski definition) is 3. The van der Waals surface area contributed by atoms with E-state index in [2.05, 4.69) is 5.32 Å². The number of benzene rings is 1. The maximum absolute atomic E-state index is 13.4. The maximum atomic E-state index is 13.4. The first-order valence-corrected chi connectivity index (χ1v) is 5.31. The summed E-state index contributed by atoms with van der Waals surface area (Å²) in [5.41, 5.74) is 1.25. The third kappa shape index (κ3) is 2.22. The Balaban J connectivity index is 2.07. The van der Waals surface area contributed by atoms with Crippen LogP contribution in [0.5, 0.6) is 0 Å². The number of hydrogen-bond donors (Lipinski definition) is 2. The van der Waals surface area contributed by atoms with Crippen LogP contribution in [0.1, 0.15) is 6.92 Å². The molecule has 1 fully saturated rings. The van der Waals surface area contributed by atoms with E-state index in [1.54, 1.807) is 6.92 Å². The van der Waals surface area contributed by atoms with Crippen LogP contribution >= 0.6 is 0 Å². The van der Waals surface area contributed by atoms with Gasteiger partial charge in [0.1, 0.15) is 0 Å². The third-order valence-corrected chi connectivity index (χ3v) is 2.78. The van der Waals surface area contributed by atoms with Gasteiger partial charge < -0.3 is 15.5 Å². The first-order chi connectivity index (χ1) is 7.68. The van der Waals surface area contributed by atoms with Crippen LogP contribution in [0.25, 0.3) is 0 Å². The Hall–Kier alpha value is -1.42. The third-order valence-electron chi connectivity index (χ3n) is 2.78. The van der Waals surface area contributed by atoms with Crippen LogP contribution in [0.15, 0.2) is 30.3 Å². The zero-order chi connectivity index (χ0) is 11.5. The average molecular weight is 222 g/mol. The molecular formula is C12H15FN2O. The number of halogens is 1. The van der Waals surface area contributed by atoms with Gasteiger partial charge in [0.15, 0.2) is 0 Å². The molecule has 4 heteroatoms. The molecule has 0 radical (unpaired) electrons. The molecule has 1 aliphatic heterocycles. The molecule has 0 bridgehead atoms. The summed E-state index contributed by atoms with van der Waals surface area (Å²) in [6.07, 6.45) is -1.36. The maximum Gasteiger partial charge on any atom is 0.209 e. The van der Waals surface area contributed by atoms with E-state index in [1.807, 2.05) is 30.3 Å². The largest absolute Gasteiger partial charge is 0.379 e. The Labute approximate surface area is 94.1 Å². The van der Waals surface area contributed by atoms with Gasteiger partial charge in [-0.15, -0.1) is 0 Å². The van der Waals surface area contributed by atoms with Gasteiger partial charge in [-0.25, -0.2) is 4.39 Å². The Morgan fingerprint density at radius 2 is 2.12 bits per heavy atom. The van der Waals surface area contributed by atoms with Crippen LogP contribution < -0.4 is 5.32 Å². The molecule has 0 aliphatic carbocycles. The molecule has 1 aliphatic rings. The quantitative estimate of drug-likeness (QED) is 0.771. The first kappa shape index (κ1) is 11.1. The number of ether oxygens (including phenoxy) is 1. The highest BCUT2D eigenvalue weighted by molar-refractivity contribution is 5.83. The van der Waals surface area contributed by atoms with Crippen molar-refractivity contribution in [2.24, 2.45) is 5.92 Å². The standard InChI is InChI=1S/C12H15FN2O/c1-8(14)11-10(7-16-12(11)13)15-9-5-3-2-4-6-9/h2-6,10-12,14-15H,7H2,1H3. The van der Waals surface area contributed by atoms with Crippen molar-refractivity contribution < 1.29 is 9.13 Å². The van der Waals surface area contributed by atoms with Gasteiger partial charge in [-0.3, -0.25) is 0 Å². The highest BCUT2D eigenvalue weighted by Crippen LogP contribution is 2.26. The van der Waals surface area contributed by atoms with E-state index in [4.69, 9.17) is 10.1 Å². The van der Waals surface area contributed by atoms with E-state index in [9.17, 15) is 4.39 Å². The van der Waals surface area contributed by atoms with Crippen LogP contribution in [-0.2, 0) is 4.74 Å². The van der Waals surface area contributed by atoms with E-state index < -0.39 is 12.3 Å². The normalized spacial score (nSPS) is 29.0. The Morgan fingerprint density at radius 1 is 1.44 bits per heavy atom. The second-order valence-electron chi connectivity index (χ2n) is 4.01. The molecule has 86 valence electrons. The highest BCUT2D eigenvalue weighted by atomic mass is 19.1. The fourth-order valence-electron chi connectivity index (χ4n) is 1.96. The second-order valence-corrected chi connectivity index (χ2v) is 4.01. The Bertz CT molecular complexity index is 369. The molecule has 0 aromatic heterocycles. The topological polar surface area (TPSA) is 45.1 Å². The summed E-state index contributed by atoms with van der Waals surface area (Å²) in [7, 11) is 0. The summed E-state index contributed by atoms with van der Waals surface area (Å²) < 4.78 is 18.3. The molecule has 1 saturated heterocycles. The van der Waals surface area contributed by atoms with E-state index in [-0.39, 0.29) is 6.04 Å². The van der Waals surface area contributed by atoms with Gasteiger partial charge in [-0.05, 0) is 19.1 Å². The fraction of sp³-hybridized carbons (Fsp3) is 0.417. The van der Waals surface area contributed by atoms with E-state index >= 15 is 0 Å². The molecule has 1 heterocycles. The molecule has 1 aromatic carbocycles. The van der Waals surface area contributed by atoms with Crippen molar-refractivity contribution in [3.8, 4) is 0 Å². The second kappa shape index (κ2) is 4.61. The van der Waals surface area contributed by atoms with Gasteiger partial charge in [-0.1, -0.05) is 18.2 Å². The number of anilines is 1. The summed E-state index contributed by atoms with van der Waals surface area (Å²) in [4.78, 5) is 0. The molecule has 16 heavy (non-hydrogen) atoms. The molecule has 3 unspecified atom stereocenters. The summed E-state index contributed by atoms with van der Waals surface area (Å²) in [6, 6.07) is 9.43. The van der Waals surface area contributed by atoms with Crippen molar-refractivity contribution in [3.63, 3.8) is 0 Å². The predicted molar refractivity (Wildman–Crippen MR) is 61.6 cm³/mol. The summed E-state index contributed by atoms with van der Waals surface area (Å²) >= 11 is 0. The minimum atomic E-state index is -1.36. The van der Waals surface area contributed by atoms with Crippen molar-refractivity contribution in [2.45, 2.75) is 19.3 Å². The molecule has 0 amide bonds. The Morgan fingerprint density at radius 3 is 2.75 bits per heavy atom. The summed E-state index contributed by atoms with van der Waals surface area (Å²) in [5.74, 6) is -0.486. The van der Waals surface area contributed by atoms with Crippen molar-refractivity contribution in [1.82, 2.24) is 0 Å². The first-order valence-electron chi connectivity index (χ1n) is 5.31. The molecule has 3 atom stereocenters. The van der Waals surface area contributed by atoms with Crippen LogP contribution in [0.2, 0.25) is 0 Å². The summed E-state index contributed by atoms with van der Waals surface area (Å²) in [6.45, 7) is 1.92. The molecule has 0 saturated carbocycles. The minimum Gasteiger partial charge on any atom is -0.379 e. The lowest BCUT2D eigenvalue weighted by atomic mass is 9.98. The number of para-hydroxylation sites is 1. The van der Waals surface area contributed by atoms with Crippen LogP contribution in [0.3, 0.4) is 0 Å². The SMILES string of the molecule is CC(=N)C1C(Nc2ccccc2)COC1F. The molecule has 0 spiro atoms. The molecule has 2 rings (SSSR count). The minimum absolute atomic E-state index is 0.157. The predicted octanol–water partition coefficient (Wildman–Crippen LogP) is 2.45. The van der Waals surface area contributed by atoms with Gasteiger partial charge in [0.2, 0.25) is 6.36 Å². The molecule has 2 N–H and O–H groups in total. The lowest BCUT2D eigenvalue weighted by Gasteiger charge is -2.20. The zero-order valence-corrected chi connectivity index (χ0v) is 9.11. The molecule has 1 aromatic rings. The number of nitrogens with one attached hydrogen (secondary N) is 2. The number of alkyl halides is 1. The lowest BCUT2D eigenvalue weighted by molar-refractivity contribution is -0.00205. The summed E-state index contributed by atoms with van der Waals surface area (Å²) in [5, 5.41) is 10.8. The zero-order valence-electron chi connectivity index (χ0n) is 9.11. The van der Waals surface area contributed by atoms with E-state index in [0.29, 0.717) is 12.3 Å². The van der Waals surface area contributed by atoms with Crippen molar-refractivity contribution in [1.29, 1.82) is 5.41 Å². The fourth-order valence-corrected chi connectivity index (χ4v) is 1.96. The monoisotopic (exact) mass is 222 g/mol. The van der Waals surface area contributed by atoms with Crippen LogP contribution in [0, 0.1) is 11.3 Å². The van der Waals surface area contributed by atoms with Crippen LogP contribution in [-0.4, -0.2) is 24.7 Å². The van der Waals surface area contributed by atoms with Gasteiger partial charge in [-0.2, -0.15) is 0 Å². The van der Waals surface area contributed by atoms with E-state index in [1.165, 1.54) is 0 Å². The van der Waals surface area contributed by atoms with E-state index in [0.717, 1.165) is 5.69 Å². The lowest BCUT2D eigenvalue weighted by Crippen LogP contribution is -2.34. The smallest absolute Gasteiger partial charge is 0.209 e. The number of rotatable bonds is 3. The molecule has 3 nitrogen and oxygen atoms in total. The highest BCUT2D eigenvalue weighted by Gasteiger charge is 2.38. The van der Waals surface area contributed by atoms with Gasteiger partial charge in [0.25, 0.3) is 0 Å². The van der Waals surface area contributed by atoms with Crippen molar-refractivity contribution in [2.75, 3.05) is 11.9 Å².